The molecule has 84 valence electrons. The Morgan fingerprint density at radius 2 is 2.40 bits per heavy atom. The SMILES string of the molecule is CCCn1ncc(OC)c1C(=O)C(C)N. The van der Waals surface area contributed by atoms with Gasteiger partial charge < -0.3 is 10.5 Å². The quantitative estimate of drug-likeness (QED) is 0.732. The van der Waals surface area contributed by atoms with Gasteiger partial charge in [-0.05, 0) is 13.3 Å². The normalized spacial score (nSPS) is 12.5. The summed E-state index contributed by atoms with van der Waals surface area (Å²) in [5.74, 6) is 0.351. The highest BCUT2D eigenvalue weighted by atomic mass is 16.5. The number of nitrogens with zero attached hydrogens (tertiary/aromatic N) is 2. The third-order valence-corrected chi connectivity index (χ3v) is 2.11. The van der Waals surface area contributed by atoms with Crippen LogP contribution in [0, 0.1) is 0 Å². The van der Waals surface area contributed by atoms with Crippen molar-refractivity contribution in [3.05, 3.63) is 11.9 Å². The number of Topliss-reactive ketones (excluding diaryl/α,β-unsaturated/α-hetero) is 1. The van der Waals surface area contributed by atoms with Gasteiger partial charge in [-0.1, -0.05) is 6.92 Å². The van der Waals surface area contributed by atoms with Gasteiger partial charge in [0.05, 0.1) is 19.3 Å². The van der Waals surface area contributed by atoms with E-state index in [2.05, 4.69) is 5.10 Å². The van der Waals surface area contributed by atoms with Crippen molar-refractivity contribution in [2.45, 2.75) is 32.9 Å². The summed E-state index contributed by atoms with van der Waals surface area (Å²) in [5, 5.41) is 4.10. The molecule has 0 saturated carbocycles. The lowest BCUT2D eigenvalue weighted by Crippen LogP contribution is -2.29. The molecule has 1 unspecified atom stereocenters. The first-order chi connectivity index (χ1) is 7.11. The van der Waals surface area contributed by atoms with Crippen molar-refractivity contribution in [3.8, 4) is 5.75 Å². The number of ketones is 1. The third kappa shape index (κ3) is 2.36. The van der Waals surface area contributed by atoms with Crippen LogP contribution < -0.4 is 10.5 Å². The van der Waals surface area contributed by atoms with Crippen molar-refractivity contribution in [2.24, 2.45) is 5.73 Å². The molecule has 1 aromatic heterocycles. The number of carbonyl (C=O) groups excluding carboxylic acids is 1. The third-order valence-electron chi connectivity index (χ3n) is 2.11. The van der Waals surface area contributed by atoms with Gasteiger partial charge in [0.1, 0.15) is 5.69 Å². The van der Waals surface area contributed by atoms with Crippen molar-refractivity contribution in [2.75, 3.05) is 7.11 Å². The molecule has 0 aliphatic carbocycles. The number of aromatic nitrogens is 2. The highest BCUT2D eigenvalue weighted by Crippen LogP contribution is 2.19. The molecule has 2 N–H and O–H groups in total. The fourth-order valence-electron chi connectivity index (χ4n) is 1.36. The molecule has 1 atom stereocenters. The minimum absolute atomic E-state index is 0.141. The molecular formula is C10H17N3O2. The van der Waals surface area contributed by atoms with Crippen LogP contribution in [0.1, 0.15) is 30.8 Å². The average molecular weight is 211 g/mol. The molecule has 0 amide bonds. The van der Waals surface area contributed by atoms with Crippen molar-refractivity contribution < 1.29 is 9.53 Å². The summed E-state index contributed by atoms with van der Waals surface area (Å²) in [4.78, 5) is 11.8. The van der Waals surface area contributed by atoms with Crippen LogP contribution in [0.15, 0.2) is 6.20 Å². The van der Waals surface area contributed by atoms with Gasteiger partial charge in [0.2, 0.25) is 5.78 Å². The number of hydrogen-bond donors (Lipinski definition) is 1. The Morgan fingerprint density at radius 1 is 1.73 bits per heavy atom. The lowest BCUT2D eigenvalue weighted by molar-refractivity contribution is 0.0954. The monoisotopic (exact) mass is 211 g/mol. The van der Waals surface area contributed by atoms with E-state index >= 15 is 0 Å². The van der Waals surface area contributed by atoms with Gasteiger partial charge in [0.15, 0.2) is 5.75 Å². The Bertz CT molecular complexity index is 344. The van der Waals surface area contributed by atoms with Gasteiger partial charge in [0.25, 0.3) is 0 Å². The smallest absolute Gasteiger partial charge is 0.201 e. The zero-order chi connectivity index (χ0) is 11.4. The summed E-state index contributed by atoms with van der Waals surface area (Å²) in [7, 11) is 1.52. The lowest BCUT2D eigenvalue weighted by atomic mass is 10.1. The molecule has 5 nitrogen and oxygen atoms in total. The topological polar surface area (TPSA) is 70.1 Å². The second-order valence-electron chi connectivity index (χ2n) is 3.44. The molecule has 1 heterocycles. The van der Waals surface area contributed by atoms with Gasteiger partial charge >= 0.3 is 0 Å². The molecule has 0 radical (unpaired) electrons. The fraction of sp³-hybridized carbons (Fsp3) is 0.600. The minimum Gasteiger partial charge on any atom is -0.493 e. The Balaban J connectivity index is 3.10. The van der Waals surface area contributed by atoms with Crippen LogP contribution in [0.2, 0.25) is 0 Å². The number of rotatable bonds is 5. The van der Waals surface area contributed by atoms with Gasteiger partial charge in [-0.15, -0.1) is 0 Å². The van der Waals surface area contributed by atoms with E-state index in [1.54, 1.807) is 17.8 Å². The lowest BCUT2D eigenvalue weighted by Gasteiger charge is -2.09. The molecule has 0 aromatic carbocycles. The molecule has 0 fully saturated rings. The van der Waals surface area contributed by atoms with E-state index in [1.807, 2.05) is 6.92 Å². The zero-order valence-corrected chi connectivity index (χ0v) is 9.36. The van der Waals surface area contributed by atoms with Crippen molar-refractivity contribution in [1.29, 1.82) is 0 Å². The van der Waals surface area contributed by atoms with Crippen LogP contribution in [0.3, 0.4) is 0 Å². The Kier molecular flexibility index (Phi) is 3.85. The van der Waals surface area contributed by atoms with E-state index in [4.69, 9.17) is 10.5 Å². The predicted molar refractivity (Wildman–Crippen MR) is 57.0 cm³/mol. The molecule has 0 spiro atoms. The maximum absolute atomic E-state index is 11.8. The number of aryl methyl sites for hydroxylation is 1. The molecule has 0 aliphatic rings. The summed E-state index contributed by atoms with van der Waals surface area (Å²) < 4.78 is 6.73. The van der Waals surface area contributed by atoms with Gasteiger partial charge in [-0.3, -0.25) is 9.48 Å². The first kappa shape index (κ1) is 11.7. The van der Waals surface area contributed by atoms with E-state index in [0.717, 1.165) is 6.42 Å². The number of methoxy groups -OCH3 is 1. The Hall–Kier alpha value is -1.36. The number of hydrogen-bond acceptors (Lipinski definition) is 4. The van der Waals surface area contributed by atoms with E-state index < -0.39 is 6.04 Å². The summed E-state index contributed by atoms with van der Waals surface area (Å²) in [6, 6.07) is -0.536. The number of carbonyl (C=O) groups is 1. The standard InChI is InChI=1S/C10H17N3O2/c1-4-5-13-9(10(14)7(2)11)8(15-3)6-12-13/h6-7H,4-5,11H2,1-3H3. The molecule has 0 bridgehead atoms. The molecule has 0 aliphatic heterocycles. The van der Waals surface area contributed by atoms with Gasteiger partial charge in [0, 0.05) is 6.54 Å². The first-order valence-electron chi connectivity index (χ1n) is 5.01. The summed E-state index contributed by atoms with van der Waals surface area (Å²) >= 11 is 0. The first-order valence-corrected chi connectivity index (χ1v) is 5.01. The van der Waals surface area contributed by atoms with Gasteiger partial charge in [-0.25, -0.2) is 0 Å². The summed E-state index contributed by atoms with van der Waals surface area (Å²) in [5.41, 5.74) is 6.04. The maximum Gasteiger partial charge on any atom is 0.201 e. The average Bonchev–Trinajstić information content (AvgIpc) is 2.60. The zero-order valence-electron chi connectivity index (χ0n) is 9.36. The molecule has 1 rings (SSSR count). The number of ether oxygens (including phenoxy) is 1. The van der Waals surface area contributed by atoms with E-state index in [1.165, 1.54) is 7.11 Å². The summed E-state index contributed by atoms with van der Waals surface area (Å²) in [6.07, 6.45) is 2.45. The van der Waals surface area contributed by atoms with Crippen molar-refractivity contribution >= 4 is 5.78 Å². The van der Waals surface area contributed by atoms with Crippen LogP contribution in [0.5, 0.6) is 5.75 Å². The molecule has 0 saturated heterocycles. The minimum atomic E-state index is -0.536. The largest absolute Gasteiger partial charge is 0.493 e. The molecular weight excluding hydrogens is 194 g/mol. The van der Waals surface area contributed by atoms with Gasteiger partial charge in [-0.2, -0.15) is 5.10 Å². The van der Waals surface area contributed by atoms with Crippen molar-refractivity contribution in [1.82, 2.24) is 9.78 Å². The highest BCUT2D eigenvalue weighted by Gasteiger charge is 2.21. The number of nitrogens with two attached hydrogens (primary N) is 1. The second kappa shape index (κ2) is 4.93. The highest BCUT2D eigenvalue weighted by molar-refractivity contribution is 6.00. The van der Waals surface area contributed by atoms with Crippen LogP contribution in [0.25, 0.3) is 0 Å². The predicted octanol–water partition coefficient (Wildman–Crippen LogP) is 0.832. The molecule has 5 heteroatoms. The Labute approximate surface area is 89.2 Å². The Morgan fingerprint density at radius 3 is 2.87 bits per heavy atom. The molecule has 1 aromatic rings. The van der Waals surface area contributed by atoms with Crippen molar-refractivity contribution in [3.63, 3.8) is 0 Å². The van der Waals surface area contributed by atoms with E-state index in [9.17, 15) is 4.79 Å². The maximum atomic E-state index is 11.8. The van der Waals surface area contributed by atoms with Crippen LogP contribution in [-0.4, -0.2) is 28.7 Å². The fourth-order valence-corrected chi connectivity index (χ4v) is 1.36. The van der Waals surface area contributed by atoms with E-state index in [0.29, 0.717) is 18.0 Å². The van der Waals surface area contributed by atoms with Crippen LogP contribution >= 0.6 is 0 Å². The van der Waals surface area contributed by atoms with Crippen LogP contribution in [-0.2, 0) is 6.54 Å². The molecule has 15 heavy (non-hydrogen) atoms. The second-order valence-corrected chi connectivity index (χ2v) is 3.44. The summed E-state index contributed by atoms with van der Waals surface area (Å²) in [6.45, 7) is 4.37. The van der Waals surface area contributed by atoms with E-state index in [-0.39, 0.29) is 5.78 Å². The van der Waals surface area contributed by atoms with Crippen LogP contribution in [0.4, 0.5) is 0 Å².